The van der Waals surface area contributed by atoms with Gasteiger partial charge < -0.3 is 9.64 Å². The highest BCUT2D eigenvalue weighted by molar-refractivity contribution is 8.10. The van der Waals surface area contributed by atoms with Gasteiger partial charge in [0.15, 0.2) is 0 Å². The normalized spacial score (nSPS) is 23.1. The molecule has 22 heavy (non-hydrogen) atoms. The van der Waals surface area contributed by atoms with Gasteiger partial charge in [-0.2, -0.15) is 0 Å². The molecule has 1 saturated heterocycles. The molecule has 1 aromatic rings. The van der Waals surface area contributed by atoms with Gasteiger partial charge in [0.1, 0.15) is 0 Å². The topological polar surface area (TPSA) is 59.0 Å². The van der Waals surface area contributed by atoms with Crippen molar-refractivity contribution in [1.82, 2.24) is 4.90 Å². The summed E-state index contributed by atoms with van der Waals surface area (Å²) in [6.45, 7) is 2.35. The molecule has 3 heterocycles. The summed E-state index contributed by atoms with van der Waals surface area (Å²) in [4.78, 5) is 31.5. The van der Waals surface area contributed by atoms with Gasteiger partial charge in [-0.1, -0.05) is 12.1 Å². The Hall–Kier alpha value is -1.92. The van der Waals surface area contributed by atoms with Gasteiger partial charge in [0.05, 0.1) is 24.5 Å². The SMILES string of the molecule is O=C1N=c2cc(C(=O)N3CCOCC3)ccc2=C2SC=CC12. The Morgan fingerprint density at radius 3 is 2.95 bits per heavy atom. The molecule has 112 valence electrons. The molecule has 0 spiro atoms. The predicted molar refractivity (Wildman–Crippen MR) is 82.6 cm³/mol. The summed E-state index contributed by atoms with van der Waals surface area (Å²) in [5.41, 5.74) is 0.576. The van der Waals surface area contributed by atoms with Crippen LogP contribution in [0.4, 0.5) is 0 Å². The second-order valence-corrected chi connectivity index (χ2v) is 6.32. The molecule has 0 bridgehead atoms. The van der Waals surface area contributed by atoms with Crippen LogP contribution in [0.2, 0.25) is 0 Å². The molecule has 1 fully saturated rings. The van der Waals surface area contributed by atoms with Crippen molar-refractivity contribution in [1.29, 1.82) is 0 Å². The van der Waals surface area contributed by atoms with E-state index < -0.39 is 0 Å². The Morgan fingerprint density at radius 2 is 2.14 bits per heavy atom. The molecule has 3 aliphatic heterocycles. The number of hydrogen-bond donors (Lipinski definition) is 0. The number of carbonyl (C=O) groups is 2. The van der Waals surface area contributed by atoms with Crippen molar-refractivity contribution in [3.63, 3.8) is 0 Å². The zero-order valence-corrected chi connectivity index (χ0v) is 12.6. The number of amides is 2. The summed E-state index contributed by atoms with van der Waals surface area (Å²) in [5, 5.41) is 3.49. The van der Waals surface area contributed by atoms with Gasteiger partial charge in [-0.3, -0.25) is 9.59 Å². The van der Waals surface area contributed by atoms with Gasteiger partial charge in [-0.15, -0.1) is 11.8 Å². The lowest BCUT2D eigenvalue weighted by molar-refractivity contribution is -0.119. The van der Waals surface area contributed by atoms with Crippen LogP contribution in [0.3, 0.4) is 0 Å². The molecule has 0 aromatic heterocycles. The van der Waals surface area contributed by atoms with Crippen LogP contribution in [0.1, 0.15) is 10.4 Å². The molecular formula is C16H14N2O3S. The molecule has 3 aliphatic rings. The summed E-state index contributed by atoms with van der Waals surface area (Å²) in [6, 6.07) is 5.46. The highest BCUT2D eigenvalue weighted by Gasteiger charge is 2.28. The zero-order chi connectivity index (χ0) is 15.1. The van der Waals surface area contributed by atoms with E-state index in [4.69, 9.17) is 4.74 Å². The molecule has 0 radical (unpaired) electrons. The van der Waals surface area contributed by atoms with E-state index in [1.807, 2.05) is 23.6 Å². The van der Waals surface area contributed by atoms with Crippen molar-refractivity contribution >= 4 is 28.5 Å². The van der Waals surface area contributed by atoms with Crippen LogP contribution in [0, 0.1) is 5.92 Å². The maximum absolute atomic E-state index is 12.5. The van der Waals surface area contributed by atoms with Gasteiger partial charge >= 0.3 is 0 Å². The number of benzene rings is 1. The van der Waals surface area contributed by atoms with E-state index in [2.05, 4.69) is 4.99 Å². The van der Waals surface area contributed by atoms with E-state index in [0.29, 0.717) is 37.2 Å². The number of fused-ring (bicyclic) bond motifs is 2. The van der Waals surface area contributed by atoms with Gasteiger partial charge in [-0.05, 0) is 17.5 Å². The molecule has 1 aromatic carbocycles. The van der Waals surface area contributed by atoms with Crippen molar-refractivity contribution in [2.45, 2.75) is 0 Å². The molecule has 6 heteroatoms. The Bertz CT molecular complexity index is 809. The maximum Gasteiger partial charge on any atom is 0.258 e. The predicted octanol–water partition coefficient (Wildman–Crippen LogP) is 0.304. The lowest BCUT2D eigenvalue weighted by Crippen LogP contribution is -2.42. The Morgan fingerprint density at radius 1 is 1.32 bits per heavy atom. The minimum absolute atomic E-state index is 0.0296. The molecule has 4 rings (SSSR count). The third-order valence-corrected chi connectivity index (χ3v) is 5.07. The van der Waals surface area contributed by atoms with Crippen LogP contribution in [0.5, 0.6) is 0 Å². The standard InChI is InChI=1S/C16H14N2O3S/c19-15-12-3-8-22-14(12)11-2-1-10(9-13(11)17-15)16(20)18-4-6-21-7-5-18/h1-3,8-9,12H,4-7H2. The van der Waals surface area contributed by atoms with E-state index in [1.165, 1.54) is 0 Å². The van der Waals surface area contributed by atoms with Crippen molar-refractivity contribution in [3.8, 4) is 0 Å². The van der Waals surface area contributed by atoms with Crippen molar-refractivity contribution in [2.24, 2.45) is 10.9 Å². The van der Waals surface area contributed by atoms with Gasteiger partial charge in [0, 0.05) is 28.8 Å². The average Bonchev–Trinajstić information content (AvgIpc) is 3.05. The maximum atomic E-state index is 12.5. The Labute approximate surface area is 131 Å². The van der Waals surface area contributed by atoms with E-state index >= 15 is 0 Å². The molecule has 1 unspecified atom stereocenters. The lowest BCUT2D eigenvalue weighted by atomic mass is 10.0. The number of thioether (sulfide) groups is 1. The third kappa shape index (κ3) is 2.19. The summed E-state index contributed by atoms with van der Waals surface area (Å²) >= 11 is 1.56. The van der Waals surface area contributed by atoms with Gasteiger partial charge in [-0.25, -0.2) is 4.99 Å². The Balaban J connectivity index is 1.75. The molecule has 2 amide bonds. The summed E-state index contributed by atoms with van der Waals surface area (Å²) in [6.07, 6.45) is 1.88. The largest absolute Gasteiger partial charge is 0.378 e. The molecular weight excluding hydrogens is 300 g/mol. The monoisotopic (exact) mass is 314 g/mol. The van der Waals surface area contributed by atoms with Crippen LogP contribution in [0.15, 0.2) is 34.7 Å². The van der Waals surface area contributed by atoms with E-state index in [0.717, 1.165) is 10.1 Å². The van der Waals surface area contributed by atoms with Crippen molar-refractivity contribution in [2.75, 3.05) is 26.3 Å². The second-order valence-electron chi connectivity index (χ2n) is 5.37. The minimum Gasteiger partial charge on any atom is -0.378 e. The number of rotatable bonds is 1. The highest BCUT2D eigenvalue weighted by atomic mass is 32.2. The van der Waals surface area contributed by atoms with E-state index in [-0.39, 0.29) is 17.7 Å². The fourth-order valence-electron chi connectivity index (χ4n) is 2.88. The third-order valence-electron chi connectivity index (χ3n) is 4.05. The fourth-order valence-corrected chi connectivity index (χ4v) is 3.89. The first-order chi connectivity index (χ1) is 10.7. The van der Waals surface area contributed by atoms with E-state index in [1.54, 1.807) is 22.7 Å². The zero-order valence-electron chi connectivity index (χ0n) is 11.8. The van der Waals surface area contributed by atoms with Crippen LogP contribution >= 0.6 is 11.8 Å². The van der Waals surface area contributed by atoms with Crippen LogP contribution in [0.25, 0.3) is 4.91 Å². The van der Waals surface area contributed by atoms with Crippen molar-refractivity contribution in [3.05, 3.63) is 45.8 Å². The number of nitrogens with zero attached hydrogens (tertiary/aromatic N) is 2. The highest BCUT2D eigenvalue weighted by Crippen LogP contribution is 2.35. The number of hydrogen-bond acceptors (Lipinski definition) is 4. The quantitative estimate of drug-likeness (QED) is 0.748. The smallest absolute Gasteiger partial charge is 0.258 e. The first-order valence-corrected chi connectivity index (χ1v) is 8.09. The number of ether oxygens (including phenoxy) is 1. The molecule has 0 saturated carbocycles. The van der Waals surface area contributed by atoms with Gasteiger partial charge in [0.2, 0.25) is 0 Å². The Kier molecular flexibility index (Phi) is 3.35. The molecule has 0 N–H and O–H groups in total. The first-order valence-electron chi connectivity index (χ1n) is 7.21. The fraction of sp³-hybridized carbons (Fsp3) is 0.312. The van der Waals surface area contributed by atoms with Crippen LogP contribution in [-0.2, 0) is 9.53 Å². The van der Waals surface area contributed by atoms with Crippen molar-refractivity contribution < 1.29 is 14.3 Å². The summed E-state index contributed by atoms with van der Waals surface area (Å²) in [5.74, 6) is -0.420. The number of carbonyl (C=O) groups excluding carboxylic acids is 2. The first kappa shape index (κ1) is 13.7. The molecule has 5 nitrogen and oxygen atoms in total. The minimum atomic E-state index is -0.238. The number of morpholine rings is 1. The van der Waals surface area contributed by atoms with Gasteiger partial charge in [0.25, 0.3) is 11.8 Å². The van der Waals surface area contributed by atoms with E-state index in [9.17, 15) is 9.59 Å². The van der Waals surface area contributed by atoms with Crippen LogP contribution in [-0.4, -0.2) is 43.0 Å². The second kappa shape index (κ2) is 5.37. The summed E-state index contributed by atoms with van der Waals surface area (Å²) in [7, 11) is 0. The molecule has 0 aliphatic carbocycles. The summed E-state index contributed by atoms with van der Waals surface area (Å²) < 4.78 is 5.27. The molecule has 1 atom stereocenters. The lowest BCUT2D eigenvalue weighted by Gasteiger charge is -2.26. The average molecular weight is 314 g/mol. The van der Waals surface area contributed by atoms with Crippen LogP contribution < -0.4 is 10.6 Å².